The standard InChI is InChI=1S/C20H19ClN2O5S/c1-11(24)22(2)12-3-4-13-17(9-12)27-10-14-16(28-20(26)23(13)14)6-5-15(25)18-7-8-19(21)29-18/h3-4,7-9,14,16H,5-6,10H2,1-2H3/t14-,16-/m0/s1. The van der Waals surface area contributed by atoms with Crippen molar-refractivity contribution in [3.8, 4) is 5.75 Å². The molecule has 1 aromatic heterocycles. The number of fused-ring (bicyclic) bond motifs is 3. The van der Waals surface area contributed by atoms with Gasteiger partial charge in [-0.05, 0) is 30.7 Å². The molecule has 152 valence electrons. The Morgan fingerprint density at radius 1 is 1.31 bits per heavy atom. The lowest BCUT2D eigenvalue weighted by atomic mass is 10.0. The van der Waals surface area contributed by atoms with E-state index in [4.69, 9.17) is 21.1 Å². The van der Waals surface area contributed by atoms with E-state index in [1.54, 1.807) is 42.3 Å². The van der Waals surface area contributed by atoms with Gasteiger partial charge in [0.15, 0.2) is 5.78 Å². The molecule has 2 aliphatic rings. The third kappa shape index (κ3) is 3.70. The van der Waals surface area contributed by atoms with Gasteiger partial charge in [0.2, 0.25) is 5.91 Å². The van der Waals surface area contributed by atoms with Crippen LogP contribution in [0.15, 0.2) is 30.3 Å². The van der Waals surface area contributed by atoms with E-state index in [0.717, 1.165) is 0 Å². The molecule has 2 amide bonds. The van der Waals surface area contributed by atoms with Gasteiger partial charge < -0.3 is 14.4 Å². The van der Waals surface area contributed by atoms with Gasteiger partial charge in [-0.25, -0.2) is 4.79 Å². The molecule has 0 spiro atoms. The van der Waals surface area contributed by atoms with Gasteiger partial charge in [-0.15, -0.1) is 11.3 Å². The Morgan fingerprint density at radius 3 is 2.79 bits per heavy atom. The molecule has 1 saturated heterocycles. The monoisotopic (exact) mass is 434 g/mol. The number of anilines is 2. The van der Waals surface area contributed by atoms with E-state index in [-0.39, 0.29) is 30.8 Å². The van der Waals surface area contributed by atoms with E-state index in [1.807, 2.05) is 0 Å². The highest BCUT2D eigenvalue weighted by Crippen LogP contribution is 2.41. The van der Waals surface area contributed by atoms with E-state index in [1.165, 1.54) is 23.2 Å². The summed E-state index contributed by atoms with van der Waals surface area (Å²) in [6, 6.07) is 8.34. The maximum Gasteiger partial charge on any atom is 0.415 e. The van der Waals surface area contributed by atoms with Crippen LogP contribution in [0, 0.1) is 0 Å². The van der Waals surface area contributed by atoms with Crippen molar-refractivity contribution in [2.45, 2.75) is 31.9 Å². The van der Waals surface area contributed by atoms with Gasteiger partial charge in [0, 0.05) is 32.1 Å². The van der Waals surface area contributed by atoms with Crippen LogP contribution in [-0.4, -0.2) is 43.6 Å². The molecular formula is C20H19ClN2O5S. The lowest BCUT2D eigenvalue weighted by molar-refractivity contribution is -0.116. The summed E-state index contributed by atoms with van der Waals surface area (Å²) in [5.74, 6) is 0.398. The number of amides is 2. The molecule has 0 unspecified atom stereocenters. The maximum atomic E-state index is 12.5. The summed E-state index contributed by atoms with van der Waals surface area (Å²) < 4.78 is 12.0. The zero-order chi connectivity index (χ0) is 20.7. The van der Waals surface area contributed by atoms with Crippen molar-refractivity contribution in [1.29, 1.82) is 0 Å². The van der Waals surface area contributed by atoms with Crippen molar-refractivity contribution in [3.05, 3.63) is 39.5 Å². The molecule has 2 aliphatic heterocycles. The summed E-state index contributed by atoms with van der Waals surface area (Å²) >= 11 is 7.13. The van der Waals surface area contributed by atoms with Crippen molar-refractivity contribution in [2.24, 2.45) is 0 Å². The first-order valence-electron chi connectivity index (χ1n) is 9.14. The quantitative estimate of drug-likeness (QED) is 0.661. The molecule has 0 bridgehead atoms. The Hall–Kier alpha value is -2.58. The zero-order valence-electron chi connectivity index (χ0n) is 15.9. The summed E-state index contributed by atoms with van der Waals surface area (Å²) in [6.07, 6.45) is -0.224. The van der Waals surface area contributed by atoms with Crippen LogP contribution in [0.2, 0.25) is 4.34 Å². The summed E-state index contributed by atoms with van der Waals surface area (Å²) in [5.41, 5.74) is 1.28. The Morgan fingerprint density at radius 2 is 2.10 bits per heavy atom. The number of nitrogens with zero attached hydrogens (tertiary/aromatic N) is 2. The van der Waals surface area contributed by atoms with Crippen molar-refractivity contribution in [2.75, 3.05) is 23.5 Å². The van der Waals surface area contributed by atoms with Crippen LogP contribution in [0.3, 0.4) is 0 Å². The predicted molar refractivity (Wildman–Crippen MR) is 110 cm³/mol. The lowest BCUT2D eigenvalue weighted by Crippen LogP contribution is -2.44. The zero-order valence-corrected chi connectivity index (χ0v) is 17.5. The summed E-state index contributed by atoms with van der Waals surface area (Å²) in [5, 5.41) is 0. The Kier molecular flexibility index (Phi) is 5.23. The van der Waals surface area contributed by atoms with Crippen LogP contribution in [-0.2, 0) is 9.53 Å². The number of hydrogen-bond acceptors (Lipinski definition) is 6. The number of thiophene rings is 1. The highest BCUT2D eigenvalue weighted by Gasteiger charge is 2.46. The second-order valence-electron chi connectivity index (χ2n) is 6.97. The highest BCUT2D eigenvalue weighted by molar-refractivity contribution is 7.18. The number of rotatable bonds is 5. The number of ketones is 1. The molecule has 4 rings (SSSR count). The normalized spacial score (nSPS) is 19.8. The van der Waals surface area contributed by atoms with Crippen LogP contribution in [0.25, 0.3) is 0 Å². The molecule has 29 heavy (non-hydrogen) atoms. The van der Waals surface area contributed by atoms with Crippen molar-refractivity contribution < 1.29 is 23.9 Å². The minimum absolute atomic E-state index is 0.0227. The van der Waals surface area contributed by atoms with E-state index < -0.39 is 12.2 Å². The first kappa shape index (κ1) is 19.7. The van der Waals surface area contributed by atoms with Crippen LogP contribution < -0.4 is 14.5 Å². The number of ether oxygens (including phenoxy) is 2. The average molecular weight is 435 g/mol. The molecule has 1 fully saturated rings. The number of hydrogen-bond donors (Lipinski definition) is 0. The predicted octanol–water partition coefficient (Wildman–Crippen LogP) is 4.13. The summed E-state index contributed by atoms with van der Waals surface area (Å²) in [4.78, 5) is 40.1. The van der Waals surface area contributed by atoms with Crippen molar-refractivity contribution in [3.63, 3.8) is 0 Å². The fourth-order valence-corrected chi connectivity index (χ4v) is 4.53. The number of carbonyl (C=O) groups is 3. The molecule has 9 heteroatoms. The third-order valence-corrected chi connectivity index (χ3v) is 6.46. The van der Waals surface area contributed by atoms with E-state index in [9.17, 15) is 14.4 Å². The number of benzene rings is 1. The SMILES string of the molecule is CC(=O)N(C)c1ccc2c(c1)OC[C@H]1[C@H](CCC(=O)c3ccc(Cl)s3)OC(=O)N21. The Labute approximate surface area is 176 Å². The van der Waals surface area contributed by atoms with Gasteiger partial charge in [0.1, 0.15) is 24.5 Å². The number of Topliss-reactive ketones (excluding diaryl/α,β-unsaturated/α-hetero) is 1. The first-order valence-corrected chi connectivity index (χ1v) is 10.3. The molecule has 2 aromatic rings. The van der Waals surface area contributed by atoms with Gasteiger partial charge in [0.25, 0.3) is 0 Å². The van der Waals surface area contributed by atoms with Crippen molar-refractivity contribution in [1.82, 2.24) is 0 Å². The number of carbonyl (C=O) groups excluding carboxylic acids is 3. The molecule has 0 N–H and O–H groups in total. The summed E-state index contributed by atoms with van der Waals surface area (Å²) in [6.45, 7) is 1.74. The van der Waals surface area contributed by atoms with Gasteiger partial charge in [0.05, 0.1) is 14.9 Å². The molecule has 0 aliphatic carbocycles. The van der Waals surface area contributed by atoms with Gasteiger partial charge in [-0.3, -0.25) is 14.5 Å². The Bertz CT molecular complexity index is 991. The van der Waals surface area contributed by atoms with Crippen LogP contribution >= 0.6 is 22.9 Å². The Balaban J connectivity index is 1.48. The smallest absolute Gasteiger partial charge is 0.415 e. The highest BCUT2D eigenvalue weighted by atomic mass is 35.5. The topological polar surface area (TPSA) is 76.1 Å². The van der Waals surface area contributed by atoms with Gasteiger partial charge >= 0.3 is 6.09 Å². The van der Waals surface area contributed by atoms with Gasteiger partial charge in [-0.1, -0.05) is 11.6 Å². The van der Waals surface area contributed by atoms with Crippen molar-refractivity contribution >= 4 is 52.1 Å². The molecule has 3 heterocycles. The maximum absolute atomic E-state index is 12.5. The molecule has 2 atom stereocenters. The fraction of sp³-hybridized carbons (Fsp3) is 0.350. The molecular weight excluding hydrogens is 416 g/mol. The van der Waals surface area contributed by atoms with E-state index in [0.29, 0.717) is 32.8 Å². The van der Waals surface area contributed by atoms with Crippen LogP contribution in [0.1, 0.15) is 29.4 Å². The average Bonchev–Trinajstić information content (AvgIpc) is 3.28. The molecule has 7 nitrogen and oxygen atoms in total. The van der Waals surface area contributed by atoms with Crippen LogP contribution in [0.4, 0.5) is 16.2 Å². The third-order valence-electron chi connectivity index (χ3n) is 5.19. The van der Waals surface area contributed by atoms with E-state index in [2.05, 4.69) is 0 Å². The minimum atomic E-state index is -0.455. The largest absolute Gasteiger partial charge is 0.489 e. The number of halogens is 1. The molecule has 0 saturated carbocycles. The second kappa shape index (κ2) is 7.68. The number of cyclic esters (lactones) is 1. The molecule has 0 radical (unpaired) electrons. The van der Waals surface area contributed by atoms with E-state index >= 15 is 0 Å². The summed E-state index contributed by atoms with van der Waals surface area (Å²) in [7, 11) is 1.67. The van der Waals surface area contributed by atoms with Gasteiger partial charge in [-0.2, -0.15) is 0 Å². The first-order chi connectivity index (χ1) is 13.8. The van der Waals surface area contributed by atoms with Crippen LogP contribution in [0.5, 0.6) is 5.75 Å². The second-order valence-corrected chi connectivity index (χ2v) is 8.68. The molecule has 1 aromatic carbocycles. The fourth-order valence-electron chi connectivity index (χ4n) is 3.52. The minimum Gasteiger partial charge on any atom is -0.489 e. The lowest BCUT2D eigenvalue weighted by Gasteiger charge is -2.32.